The minimum atomic E-state index is -0.281. The molecule has 120 valence electrons. The van der Waals surface area contributed by atoms with Gasteiger partial charge in [0, 0.05) is 21.6 Å². The number of carbonyl (C=O) groups excluding carboxylic acids is 1. The monoisotopic (exact) mass is 347 g/mol. The number of benzene rings is 2. The first-order valence-corrected chi connectivity index (χ1v) is 8.97. The summed E-state index contributed by atoms with van der Waals surface area (Å²) in [5.74, 6) is -0.0414. The van der Waals surface area contributed by atoms with Crippen molar-refractivity contribution in [3.05, 3.63) is 59.1 Å². The fourth-order valence-electron chi connectivity index (χ4n) is 2.60. The molecule has 1 amide bonds. The van der Waals surface area contributed by atoms with Crippen molar-refractivity contribution in [3.63, 3.8) is 0 Å². The molecule has 1 saturated heterocycles. The van der Waals surface area contributed by atoms with Crippen LogP contribution in [0.1, 0.15) is 18.0 Å². The Morgan fingerprint density at radius 3 is 2.83 bits per heavy atom. The van der Waals surface area contributed by atoms with Gasteiger partial charge in [-0.1, -0.05) is 29.8 Å². The lowest BCUT2D eigenvalue weighted by Gasteiger charge is -2.11. The number of rotatable bonds is 4. The lowest BCUT2D eigenvalue weighted by Crippen LogP contribution is -2.39. The number of carbonyl (C=O) groups is 1. The second-order valence-corrected chi connectivity index (χ2v) is 6.72. The molecule has 23 heavy (non-hydrogen) atoms. The molecule has 0 aromatic heterocycles. The van der Waals surface area contributed by atoms with Crippen LogP contribution < -0.4 is 16.2 Å². The van der Waals surface area contributed by atoms with Gasteiger partial charge in [0.25, 0.3) is 0 Å². The number of halogens is 1. The second kappa shape index (κ2) is 7.36. The smallest absolute Gasteiger partial charge is 0.242 e. The number of nitrogens with one attached hydrogen (secondary N) is 3. The highest BCUT2D eigenvalue weighted by atomic mass is 35.5. The van der Waals surface area contributed by atoms with Gasteiger partial charge in [-0.05, 0) is 48.6 Å². The minimum absolute atomic E-state index is 0.0414. The Kier molecular flexibility index (Phi) is 5.23. The Labute approximate surface area is 145 Å². The van der Waals surface area contributed by atoms with E-state index in [0.717, 1.165) is 16.1 Å². The van der Waals surface area contributed by atoms with Crippen molar-refractivity contribution in [3.8, 4) is 0 Å². The van der Waals surface area contributed by atoms with Crippen molar-refractivity contribution >= 4 is 35.0 Å². The van der Waals surface area contributed by atoms with E-state index in [0.29, 0.717) is 11.4 Å². The third-order valence-electron chi connectivity index (χ3n) is 3.81. The van der Waals surface area contributed by atoms with Crippen LogP contribution in [0.3, 0.4) is 0 Å². The van der Waals surface area contributed by atoms with E-state index in [1.807, 2.05) is 54.8 Å². The highest BCUT2D eigenvalue weighted by Gasteiger charge is 2.30. The lowest BCUT2D eigenvalue weighted by molar-refractivity contribution is -0.117. The highest BCUT2D eigenvalue weighted by Crippen LogP contribution is 2.25. The van der Waals surface area contributed by atoms with E-state index in [1.165, 1.54) is 0 Å². The summed E-state index contributed by atoms with van der Waals surface area (Å²) in [4.78, 5) is 13.5. The van der Waals surface area contributed by atoms with Gasteiger partial charge in [0.1, 0.15) is 6.04 Å². The molecule has 0 bridgehead atoms. The van der Waals surface area contributed by atoms with Gasteiger partial charge in [-0.3, -0.25) is 4.79 Å². The van der Waals surface area contributed by atoms with Crippen LogP contribution in [-0.2, 0) is 4.79 Å². The van der Waals surface area contributed by atoms with E-state index < -0.39 is 0 Å². The molecule has 1 aliphatic heterocycles. The maximum Gasteiger partial charge on any atom is 0.242 e. The van der Waals surface area contributed by atoms with Gasteiger partial charge in [-0.2, -0.15) is 0 Å². The maximum absolute atomic E-state index is 12.4. The Balaban J connectivity index is 1.63. The molecular weight excluding hydrogens is 330 g/mol. The summed E-state index contributed by atoms with van der Waals surface area (Å²) >= 11 is 7.68. The zero-order valence-corrected chi connectivity index (χ0v) is 14.2. The number of hydrazine groups is 1. The Morgan fingerprint density at radius 2 is 2.04 bits per heavy atom. The predicted octanol–water partition coefficient (Wildman–Crippen LogP) is 3.61. The third-order valence-corrected chi connectivity index (χ3v) is 4.77. The van der Waals surface area contributed by atoms with E-state index >= 15 is 0 Å². The van der Waals surface area contributed by atoms with Crippen LogP contribution in [0.25, 0.3) is 0 Å². The largest absolute Gasteiger partial charge is 0.325 e. The SMILES string of the molecule is CSc1cccc(NC(=O)C2CC(c3cccc(Cl)c3)NN2)c1. The average Bonchev–Trinajstić information content (AvgIpc) is 3.05. The average molecular weight is 348 g/mol. The van der Waals surface area contributed by atoms with Crippen molar-refractivity contribution in [2.24, 2.45) is 0 Å². The summed E-state index contributed by atoms with van der Waals surface area (Å²) in [5.41, 5.74) is 8.12. The van der Waals surface area contributed by atoms with Crippen molar-refractivity contribution in [2.75, 3.05) is 11.6 Å². The van der Waals surface area contributed by atoms with Gasteiger partial charge in [0.05, 0.1) is 0 Å². The number of anilines is 1. The van der Waals surface area contributed by atoms with Gasteiger partial charge in [0.2, 0.25) is 5.91 Å². The molecule has 2 aromatic carbocycles. The molecule has 0 radical (unpaired) electrons. The first-order chi connectivity index (χ1) is 11.2. The molecule has 3 N–H and O–H groups in total. The first kappa shape index (κ1) is 16.3. The summed E-state index contributed by atoms with van der Waals surface area (Å²) in [6.45, 7) is 0. The molecule has 3 rings (SSSR count). The number of thioether (sulfide) groups is 1. The molecule has 1 heterocycles. The Bertz CT molecular complexity index is 710. The number of amides is 1. The van der Waals surface area contributed by atoms with Gasteiger partial charge in [-0.25, -0.2) is 10.9 Å². The van der Waals surface area contributed by atoms with Gasteiger partial charge >= 0.3 is 0 Å². The molecule has 0 saturated carbocycles. The second-order valence-electron chi connectivity index (χ2n) is 5.41. The van der Waals surface area contributed by atoms with Crippen molar-refractivity contribution in [2.45, 2.75) is 23.4 Å². The van der Waals surface area contributed by atoms with Crippen molar-refractivity contribution in [1.82, 2.24) is 10.9 Å². The van der Waals surface area contributed by atoms with Gasteiger partial charge in [-0.15, -0.1) is 11.8 Å². The summed E-state index contributed by atoms with van der Waals surface area (Å²) in [6, 6.07) is 15.3. The number of hydrogen-bond acceptors (Lipinski definition) is 4. The molecule has 1 fully saturated rings. The normalized spacial score (nSPS) is 20.4. The zero-order chi connectivity index (χ0) is 16.2. The minimum Gasteiger partial charge on any atom is -0.325 e. The molecule has 0 spiro atoms. The highest BCUT2D eigenvalue weighted by molar-refractivity contribution is 7.98. The van der Waals surface area contributed by atoms with E-state index in [-0.39, 0.29) is 18.0 Å². The van der Waals surface area contributed by atoms with E-state index in [1.54, 1.807) is 11.8 Å². The fraction of sp³-hybridized carbons (Fsp3) is 0.235. The van der Waals surface area contributed by atoms with Crippen LogP contribution in [0.2, 0.25) is 5.02 Å². The van der Waals surface area contributed by atoms with Crippen LogP contribution in [0, 0.1) is 0 Å². The van der Waals surface area contributed by atoms with E-state index in [4.69, 9.17) is 11.6 Å². The Hall–Kier alpha value is -1.53. The van der Waals surface area contributed by atoms with Gasteiger partial charge in [0.15, 0.2) is 0 Å². The molecule has 6 heteroatoms. The number of hydrogen-bond donors (Lipinski definition) is 3. The van der Waals surface area contributed by atoms with Crippen LogP contribution in [0.4, 0.5) is 5.69 Å². The summed E-state index contributed by atoms with van der Waals surface area (Å²) in [7, 11) is 0. The fourth-order valence-corrected chi connectivity index (χ4v) is 3.26. The molecule has 2 unspecified atom stereocenters. The van der Waals surface area contributed by atoms with Crippen LogP contribution in [0.5, 0.6) is 0 Å². The molecule has 4 nitrogen and oxygen atoms in total. The summed E-state index contributed by atoms with van der Waals surface area (Å²) < 4.78 is 0. The van der Waals surface area contributed by atoms with Crippen molar-refractivity contribution in [1.29, 1.82) is 0 Å². The first-order valence-electron chi connectivity index (χ1n) is 7.37. The lowest BCUT2D eigenvalue weighted by atomic mass is 10.0. The van der Waals surface area contributed by atoms with Gasteiger partial charge < -0.3 is 5.32 Å². The maximum atomic E-state index is 12.4. The zero-order valence-electron chi connectivity index (χ0n) is 12.7. The quantitative estimate of drug-likeness (QED) is 0.739. The van der Waals surface area contributed by atoms with E-state index in [9.17, 15) is 4.79 Å². The summed E-state index contributed by atoms with van der Waals surface area (Å²) in [6.07, 6.45) is 2.69. The predicted molar refractivity (Wildman–Crippen MR) is 95.7 cm³/mol. The standard InChI is InChI=1S/C17H18ClN3OS/c1-23-14-7-3-6-13(9-14)19-17(22)16-10-15(20-21-16)11-4-2-5-12(18)8-11/h2-9,15-16,20-21H,10H2,1H3,(H,19,22). The topological polar surface area (TPSA) is 53.2 Å². The molecule has 2 aromatic rings. The van der Waals surface area contributed by atoms with Crippen LogP contribution >= 0.6 is 23.4 Å². The molecular formula is C17H18ClN3OS. The summed E-state index contributed by atoms with van der Waals surface area (Å²) in [5, 5.41) is 3.66. The van der Waals surface area contributed by atoms with Crippen LogP contribution in [-0.4, -0.2) is 18.2 Å². The van der Waals surface area contributed by atoms with Crippen LogP contribution in [0.15, 0.2) is 53.4 Å². The molecule has 0 aliphatic carbocycles. The molecule has 1 aliphatic rings. The third kappa shape index (κ3) is 4.06. The Morgan fingerprint density at radius 1 is 1.22 bits per heavy atom. The van der Waals surface area contributed by atoms with E-state index in [2.05, 4.69) is 16.2 Å². The van der Waals surface area contributed by atoms with Crippen molar-refractivity contribution < 1.29 is 4.79 Å². The molecule has 2 atom stereocenters.